The highest BCUT2D eigenvalue weighted by atomic mass is 16.6. The van der Waals surface area contributed by atoms with Crippen molar-refractivity contribution >= 4 is 28.8 Å². The number of hydrogen-bond donors (Lipinski definition) is 1. The average Bonchev–Trinajstić information content (AvgIpc) is 2.92. The maximum absolute atomic E-state index is 12.5. The van der Waals surface area contributed by atoms with Gasteiger partial charge < -0.3 is 19.4 Å². The molecule has 2 aromatic rings. The highest BCUT2D eigenvalue weighted by Gasteiger charge is 2.30. The Balaban J connectivity index is 1.55. The molecule has 1 aliphatic heterocycles. The minimum atomic E-state index is -0.510. The molecular formula is C19H25N3O4. The molecule has 0 unspecified atom stereocenters. The molecule has 2 amide bonds. The van der Waals surface area contributed by atoms with Crippen LogP contribution in [0, 0.1) is 12.8 Å². The predicted molar refractivity (Wildman–Crippen MR) is 97.9 cm³/mol. The highest BCUT2D eigenvalue weighted by Crippen LogP contribution is 2.23. The molecule has 0 saturated carbocycles. The second-order valence-corrected chi connectivity index (χ2v) is 7.65. The monoisotopic (exact) mass is 359 g/mol. The molecule has 2 heterocycles. The van der Waals surface area contributed by atoms with Gasteiger partial charge in [-0.05, 0) is 51.8 Å². The normalized spacial score (nSPS) is 15.9. The molecule has 1 aromatic carbocycles. The minimum Gasteiger partial charge on any atom is -0.444 e. The number of hydrogen-bond acceptors (Lipinski definition) is 5. The Morgan fingerprint density at radius 3 is 2.62 bits per heavy atom. The van der Waals surface area contributed by atoms with Gasteiger partial charge in [0.2, 0.25) is 5.91 Å². The fraction of sp³-hybridized carbons (Fsp3) is 0.526. The molecule has 1 aliphatic rings. The number of anilines is 1. The molecule has 0 spiro atoms. The van der Waals surface area contributed by atoms with Gasteiger partial charge in [0.15, 0.2) is 11.5 Å². The molecule has 1 aromatic heterocycles. The summed E-state index contributed by atoms with van der Waals surface area (Å²) >= 11 is 0. The number of benzene rings is 1. The Hall–Kier alpha value is -2.57. The van der Waals surface area contributed by atoms with Crippen molar-refractivity contribution in [1.82, 2.24) is 9.88 Å². The van der Waals surface area contributed by atoms with Gasteiger partial charge in [-0.25, -0.2) is 9.78 Å². The summed E-state index contributed by atoms with van der Waals surface area (Å²) in [5.41, 5.74) is 1.61. The van der Waals surface area contributed by atoms with Gasteiger partial charge >= 0.3 is 6.09 Å². The quantitative estimate of drug-likeness (QED) is 0.883. The van der Waals surface area contributed by atoms with Crippen LogP contribution >= 0.6 is 0 Å². The van der Waals surface area contributed by atoms with E-state index in [0.29, 0.717) is 43.1 Å². The molecule has 1 saturated heterocycles. The zero-order valence-electron chi connectivity index (χ0n) is 15.7. The summed E-state index contributed by atoms with van der Waals surface area (Å²) in [7, 11) is 0. The number of piperidine rings is 1. The van der Waals surface area contributed by atoms with Crippen LogP contribution in [-0.4, -0.2) is 40.6 Å². The van der Waals surface area contributed by atoms with Crippen LogP contribution in [0.2, 0.25) is 0 Å². The van der Waals surface area contributed by atoms with Crippen LogP contribution in [0.3, 0.4) is 0 Å². The predicted octanol–water partition coefficient (Wildman–Crippen LogP) is 3.72. The lowest BCUT2D eigenvalue weighted by Crippen LogP contribution is -2.43. The first-order valence-corrected chi connectivity index (χ1v) is 8.87. The third kappa shape index (κ3) is 4.33. The number of oxazole rings is 1. The van der Waals surface area contributed by atoms with E-state index in [2.05, 4.69) is 10.3 Å². The van der Waals surface area contributed by atoms with E-state index in [1.54, 1.807) is 30.0 Å². The molecular weight excluding hydrogens is 334 g/mol. The van der Waals surface area contributed by atoms with E-state index in [1.165, 1.54) is 0 Å². The van der Waals surface area contributed by atoms with Crippen LogP contribution in [0.4, 0.5) is 10.5 Å². The lowest BCUT2D eigenvalue weighted by Gasteiger charge is -2.32. The number of nitrogens with one attached hydrogen (secondary N) is 1. The Kier molecular flexibility index (Phi) is 4.89. The third-order valence-corrected chi connectivity index (χ3v) is 4.28. The average molecular weight is 359 g/mol. The number of likely N-dealkylation sites (tertiary alicyclic amines) is 1. The lowest BCUT2D eigenvalue weighted by atomic mass is 9.96. The van der Waals surface area contributed by atoms with Gasteiger partial charge in [0.1, 0.15) is 11.1 Å². The van der Waals surface area contributed by atoms with E-state index in [4.69, 9.17) is 9.15 Å². The zero-order chi connectivity index (χ0) is 18.9. The molecule has 7 heteroatoms. The van der Waals surface area contributed by atoms with Crippen molar-refractivity contribution in [3.63, 3.8) is 0 Å². The first-order valence-electron chi connectivity index (χ1n) is 8.87. The summed E-state index contributed by atoms with van der Waals surface area (Å²) in [5, 5.41) is 2.94. The molecule has 0 radical (unpaired) electrons. The largest absolute Gasteiger partial charge is 0.444 e. The van der Waals surface area contributed by atoms with Crippen molar-refractivity contribution in [1.29, 1.82) is 0 Å². The van der Waals surface area contributed by atoms with E-state index < -0.39 is 5.60 Å². The van der Waals surface area contributed by atoms with E-state index >= 15 is 0 Å². The van der Waals surface area contributed by atoms with Crippen molar-refractivity contribution in [3.8, 4) is 0 Å². The van der Waals surface area contributed by atoms with E-state index in [1.807, 2.05) is 20.8 Å². The van der Waals surface area contributed by atoms with Crippen molar-refractivity contribution in [2.24, 2.45) is 5.92 Å². The smallest absolute Gasteiger partial charge is 0.410 e. The number of amides is 2. The third-order valence-electron chi connectivity index (χ3n) is 4.28. The van der Waals surface area contributed by atoms with Gasteiger partial charge in [0.05, 0.1) is 0 Å². The summed E-state index contributed by atoms with van der Waals surface area (Å²) in [4.78, 5) is 30.6. The van der Waals surface area contributed by atoms with Crippen molar-refractivity contribution in [2.45, 2.75) is 46.1 Å². The van der Waals surface area contributed by atoms with Crippen molar-refractivity contribution in [3.05, 3.63) is 24.1 Å². The minimum absolute atomic E-state index is 0.0339. The molecule has 0 aliphatic carbocycles. The SMILES string of the molecule is Cc1nc2cc(NC(=O)C3CCN(C(=O)OC(C)(C)C)CC3)ccc2o1. The highest BCUT2D eigenvalue weighted by molar-refractivity contribution is 5.94. The maximum atomic E-state index is 12.5. The number of aryl methyl sites for hydroxylation is 1. The number of rotatable bonds is 2. The van der Waals surface area contributed by atoms with Crippen LogP contribution < -0.4 is 5.32 Å². The molecule has 1 N–H and O–H groups in total. The van der Waals surface area contributed by atoms with Gasteiger partial charge in [-0.15, -0.1) is 0 Å². The maximum Gasteiger partial charge on any atom is 0.410 e. The number of aromatic nitrogens is 1. The molecule has 140 valence electrons. The second kappa shape index (κ2) is 6.97. The Bertz CT molecular complexity index is 814. The lowest BCUT2D eigenvalue weighted by molar-refractivity contribution is -0.121. The Morgan fingerprint density at radius 1 is 1.27 bits per heavy atom. The van der Waals surface area contributed by atoms with Crippen LogP contribution in [0.1, 0.15) is 39.5 Å². The Labute approximate surface area is 152 Å². The first-order chi connectivity index (χ1) is 12.2. The fourth-order valence-electron chi connectivity index (χ4n) is 3.02. The molecule has 0 bridgehead atoms. The van der Waals surface area contributed by atoms with Gasteiger partial charge in [0, 0.05) is 31.6 Å². The zero-order valence-corrected chi connectivity index (χ0v) is 15.7. The van der Waals surface area contributed by atoms with Crippen LogP contribution in [0.25, 0.3) is 11.1 Å². The van der Waals surface area contributed by atoms with E-state index in [9.17, 15) is 9.59 Å². The Morgan fingerprint density at radius 2 is 1.96 bits per heavy atom. The van der Waals surface area contributed by atoms with Crippen molar-refractivity contribution < 1.29 is 18.7 Å². The molecule has 1 fully saturated rings. The number of fused-ring (bicyclic) bond motifs is 1. The van der Waals surface area contributed by atoms with Crippen LogP contribution in [-0.2, 0) is 9.53 Å². The fourth-order valence-corrected chi connectivity index (χ4v) is 3.02. The molecule has 0 atom stereocenters. The summed E-state index contributed by atoms with van der Waals surface area (Å²) in [6.45, 7) is 8.37. The molecule has 7 nitrogen and oxygen atoms in total. The summed E-state index contributed by atoms with van der Waals surface area (Å²) < 4.78 is 10.8. The number of carbonyl (C=O) groups is 2. The molecule has 26 heavy (non-hydrogen) atoms. The second-order valence-electron chi connectivity index (χ2n) is 7.65. The van der Waals surface area contributed by atoms with E-state index in [0.717, 1.165) is 5.52 Å². The van der Waals surface area contributed by atoms with Gasteiger partial charge in [-0.1, -0.05) is 0 Å². The van der Waals surface area contributed by atoms with Gasteiger partial charge in [-0.2, -0.15) is 0 Å². The standard InChI is InChI=1S/C19H25N3O4/c1-12-20-15-11-14(5-6-16(15)25-12)21-17(23)13-7-9-22(10-8-13)18(24)26-19(2,3)4/h5-6,11,13H,7-10H2,1-4H3,(H,21,23). The molecule has 3 rings (SSSR count). The van der Waals surface area contributed by atoms with Crippen molar-refractivity contribution in [2.75, 3.05) is 18.4 Å². The topological polar surface area (TPSA) is 84.7 Å². The summed E-state index contributed by atoms with van der Waals surface area (Å²) in [6, 6.07) is 5.41. The van der Waals surface area contributed by atoms with Gasteiger partial charge in [-0.3, -0.25) is 4.79 Å². The summed E-state index contributed by atoms with van der Waals surface area (Å²) in [5.74, 6) is 0.440. The van der Waals surface area contributed by atoms with E-state index in [-0.39, 0.29) is 17.9 Å². The number of nitrogens with zero attached hydrogens (tertiary/aromatic N) is 2. The number of ether oxygens (including phenoxy) is 1. The van der Waals surface area contributed by atoms with Crippen LogP contribution in [0.15, 0.2) is 22.6 Å². The number of carbonyl (C=O) groups excluding carboxylic acids is 2. The van der Waals surface area contributed by atoms with Gasteiger partial charge in [0.25, 0.3) is 0 Å². The summed E-state index contributed by atoms with van der Waals surface area (Å²) in [6.07, 6.45) is 0.926. The van der Waals surface area contributed by atoms with Crippen LogP contribution in [0.5, 0.6) is 0 Å². The first kappa shape index (κ1) is 18.2.